The highest BCUT2D eigenvalue weighted by Gasteiger charge is 2.41. The Morgan fingerprint density at radius 3 is 2.59 bits per heavy atom. The minimum absolute atomic E-state index is 0.0582. The van der Waals surface area contributed by atoms with Crippen LogP contribution in [0.25, 0.3) is 0 Å². The Bertz CT molecular complexity index is 876. The number of aliphatic hydroxyl groups is 1. The first kappa shape index (κ1) is 27.6. The third kappa shape index (κ3) is 8.93. The first-order chi connectivity index (χ1) is 16.1. The van der Waals surface area contributed by atoms with Crippen molar-refractivity contribution in [2.75, 3.05) is 0 Å². The fourth-order valence-corrected chi connectivity index (χ4v) is 4.00. The largest absolute Gasteiger partial charge is 0.461 e. The maximum Gasteiger partial charge on any atom is 0.309 e. The molecule has 186 valence electrons. The molecule has 1 aliphatic carbocycles. The highest BCUT2D eigenvalue weighted by atomic mass is 19.3. The van der Waals surface area contributed by atoms with Gasteiger partial charge in [0.1, 0.15) is 12.4 Å². The summed E-state index contributed by atoms with van der Waals surface area (Å²) in [5, 5.41) is 10.2. The number of unbranched alkanes of at least 4 members (excludes halogenated alkanes) is 1. The number of ether oxygens (including phenoxy) is 1. The number of Topliss-reactive ketones (excluding diaryl/α,β-unsaturated/α-hetero) is 1. The Labute approximate surface area is 199 Å². The molecule has 1 saturated carbocycles. The van der Waals surface area contributed by atoms with Crippen molar-refractivity contribution in [1.82, 2.24) is 0 Å². The summed E-state index contributed by atoms with van der Waals surface area (Å²) in [4.78, 5) is 36.0. The third-order valence-corrected chi connectivity index (χ3v) is 5.78. The van der Waals surface area contributed by atoms with Crippen molar-refractivity contribution in [3.8, 4) is 0 Å². The summed E-state index contributed by atoms with van der Waals surface area (Å²) in [6.07, 6.45) is 5.94. The first-order valence-electron chi connectivity index (χ1n) is 11.8. The predicted molar refractivity (Wildman–Crippen MR) is 125 cm³/mol. The lowest BCUT2D eigenvalue weighted by Gasteiger charge is -2.18. The molecule has 2 rings (SSSR count). The van der Waals surface area contributed by atoms with Gasteiger partial charge in [0.25, 0.3) is 0 Å². The van der Waals surface area contributed by atoms with E-state index in [1.54, 1.807) is 19.9 Å². The molecule has 5 nitrogen and oxygen atoms in total. The monoisotopic (exact) mass is 476 g/mol. The number of benzene rings is 1. The van der Waals surface area contributed by atoms with Gasteiger partial charge in [0.2, 0.25) is 5.78 Å². The Hall–Kier alpha value is -2.67. The van der Waals surface area contributed by atoms with Crippen molar-refractivity contribution in [1.29, 1.82) is 0 Å². The lowest BCUT2D eigenvalue weighted by molar-refractivity contribution is -0.145. The van der Waals surface area contributed by atoms with Crippen LogP contribution in [0.1, 0.15) is 57.9 Å². The van der Waals surface area contributed by atoms with E-state index in [2.05, 4.69) is 0 Å². The first-order valence-corrected chi connectivity index (χ1v) is 11.8. The second-order valence-corrected chi connectivity index (χ2v) is 9.19. The summed E-state index contributed by atoms with van der Waals surface area (Å²) in [6.45, 7) is 3.46. The molecular formula is C27H34F2O5. The summed E-state index contributed by atoms with van der Waals surface area (Å²) in [6, 6.07) is 9.41. The molecule has 1 aromatic carbocycles. The zero-order valence-electron chi connectivity index (χ0n) is 19.8. The lowest BCUT2D eigenvalue weighted by Crippen LogP contribution is -2.29. The average molecular weight is 477 g/mol. The number of allylic oxidation sites excluding steroid dienone is 3. The smallest absolute Gasteiger partial charge is 0.309 e. The number of hydrogen-bond donors (Lipinski definition) is 1. The normalized spacial score (nSPS) is 21.1. The topological polar surface area (TPSA) is 80.7 Å². The van der Waals surface area contributed by atoms with Gasteiger partial charge in [-0.05, 0) is 36.8 Å². The van der Waals surface area contributed by atoms with Gasteiger partial charge >= 0.3 is 11.9 Å². The van der Waals surface area contributed by atoms with Gasteiger partial charge in [0.15, 0.2) is 0 Å². The van der Waals surface area contributed by atoms with Crippen molar-refractivity contribution in [3.63, 3.8) is 0 Å². The zero-order valence-corrected chi connectivity index (χ0v) is 19.8. The molecule has 0 unspecified atom stereocenters. The SMILES string of the molecule is CC(C)CC(F)(F)C(=O)/C=C\[C@@H]1[C@H](O)CC(=O)[C@@H]1CC=CCCCC(=O)OCc1ccccc1. The second-order valence-electron chi connectivity index (χ2n) is 9.19. The van der Waals surface area contributed by atoms with Gasteiger partial charge in [0.05, 0.1) is 6.10 Å². The van der Waals surface area contributed by atoms with Crippen molar-refractivity contribution < 1.29 is 33.0 Å². The van der Waals surface area contributed by atoms with E-state index in [1.165, 1.54) is 6.08 Å². The van der Waals surface area contributed by atoms with Crippen LogP contribution in [0.2, 0.25) is 0 Å². The van der Waals surface area contributed by atoms with E-state index in [0.717, 1.165) is 11.6 Å². The Morgan fingerprint density at radius 1 is 1.21 bits per heavy atom. The Balaban J connectivity index is 1.77. The van der Waals surface area contributed by atoms with Crippen LogP contribution in [-0.4, -0.2) is 34.7 Å². The summed E-state index contributed by atoms with van der Waals surface area (Å²) in [7, 11) is 0. The van der Waals surface area contributed by atoms with Crippen LogP contribution in [0.15, 0.2) is 54.6 Å². The van der Waals surface area contributed by atoms with E-state index < -0.39 is 36.1 Å². The zero-order chi connectivity index (χ0) is 25.1. The Morgan fingerprint density at radius 2 is 1.91 bits per heavy atom. The fourth-order valence-electron chi connectivity index (χ4n) is 4.00. The number of carbonyl (C=O) groups is 3. The third-order valence-electron chi connectivity index (χ3n) is 5.78. The maximum atomic E-state index is 14.0. The van der Waals surface area contributed by atoms with Gasteiger partial charge in [-0.1, -0.05) is 62.4 Å². The number of alkyl halides is 2. The molecule has 1 N–H and O–H groups in total. The summed E-state index contributed by atoms with van der Waals surface area (Å²) < 4.78 is 33.1. The average Bonchev–Trinajstić information content (AvgIpc) is 3.04. The van der Waals surface area contributed by atoms with Crippen molar-refractivity contribution in [2.45, 2.75) is 71.0 Å². The number of halogens is 2. The van der Waals surface area contributed by atoms with Gasteiger partial charge in [-0.15, -0.1) is 0 Å². The van der Waals surface area contributed by atoms with Gasteiger partial charge in [-0.25, -0.2) is 0 Å². The number of rotatable bonds is 13. The molecule has 0 saturated heterocycles. The van der Waals surface area contributed by atoms with Gasteiger partial charge in [0, 0.05) is 31.1 Å². The second kappa shape index (κ2) is 13.3. The number of esters is 1. The van der Waals surface area contributed by atoms with Crippen LogP contribution in [0.4, 0.5) is 8.78 Å². The number of hydrogen-bond acceptors (Lipinski definition) is 5. The van der Waals surface area contributed by atoms with Gasteiger partial charge < -0.3 is 9.84 Å². The molecule has 1 fully saturated rings. The van der Waals surface area contributed by atoms with Crippen molar-refractivity contribution in [2.24, 2.45) is 17.8 Å². The minimum atomic E-state index is -3.46. The van der Waals surface area contributed by atoms with Crippen molar-refractivity contribution >= 4 is 17.5 Å². The molecule has 0 radical (unpaired) electrons. The van der Waals surface area contributed by atoms with E-state index in [-0.39, 0.29) is 37.1 Å². The number of ketones is 2. The maximum absolute atomic E-state index is 14.0. The molecule has 0 amide bonds. The molecule has 3 atom stereocenters. The summed E-state index contributed by atoms with van der Waals surface area (Å²) in [5.74, 6) is -6.78. The predicted octanol–water partition coefficient (Wildman–Crippen LogP) is 5.22. The molecule has 0 aromatic heterocycles. The van der Waals surface area contributed by atoms with Crippen LogP contribution >= 0.6 is 0 Å². The highest BCUT2D eigenvalue weighted by Crippen LogP contribution is 2.34. The van der Waals surface area contributed by atoms with Crippen LogP contribution < -0.4 is 0 Å². The van der Waals surface area contributed by atoms with Gasteiger partial charge in [-0.3, -0.25) is 14.4 Å². The molecular weight excluding hydrogens is 442 g/mol. The molecule has 34 heavy (non-hydrogen) atoms. The highest BCUT2D eigenvalue weighted by molar-refractivity contribution is 5.96. The number of carbonyl (C=O) groups excluding carboxylic acids is 3. The van der Waals surface area contributed by atoms with Crippen LogP contribution in [0.5, 0.6) is 0 Å². The number of aliphatic hydroxyl groups excluding tert-OH is 1. The molecule has 0 heterocycles. The standard InChI is InChI=1S/C27H34F2O5/c1-19(2)17-27(28,29)25(32)15-14-22-21(23(30)16-24(22)31)12-8-3-4-9-13-26(33)34-18-20-10-6-5-7-11-20/h3,5-8,10-11,14-15,19,21-22,24,31H,4,9,12-13,16-18H2,1-2H3/b8-3?,15-14-/t21-,22+,24-/m1/s1. The van der Waals surface area contributed by atoms with Crippen LogP contribution in [0.3, 0.4) is 0 Å². The van der Waals surface area contributed by atoms with E-state index in [4.69, 9.17) is 4.74 Å². The molecule has 0 bridgehead atoms. The fraction of sp³-hybridized carbons (Fsp3) is 0.519. The van der Waals surface area contributed by atoms with Crippen molar-refractivity contribution in [3.05, 3.63) is 60.2 Å². The summed E-state index contributed by atoms with van der Waals surface area (Å²) in [5.41, 5.74) is 0.924. The molecule has 1 aliphatic rings. The molecule has 7 heteroatoms. The lowest BCUT2D eigenvalue weighted by atomic mass is 9.90. The molecule has 0 spiro atoms. The van der Waals surface area contributed by atoms with E-state index in [9.17, 15) is 28.3 Å². The summed E-state index contributed by atoms with van der Waals surface area (Å²) >= 11 is 0. The quantitative estimate of drug-likeness (QED) is 0.183. The molecule has 0 aliphatic heterocycles. The van der Waals surface area contributed by atoms with Crippen LogP contribution in [-0.2, 0) is 25.7 Å². The van der Waals surface area contributed by atoms with E-state index in [0.29, 0.717) is 19.3 Å². The van der Waals surface area contributed by atoms with E-state index in [1.807, 2.05) is 36.4 Å². The molecule has 1 aromatic rings. The van der Waals surface area contributed by atoms with E-state index >= 15 is 0 Å². The Kier molecular flexibility index (Phi) is 10.8. The minimum Gasteiger partial charge on any atom is -0.461 e. The van der Waals surface area contributed by atoms with Crippen LogP contribution in [0, 0.1) is 17.8 Å². The van der Waals surface area contributed by atoms with Gasteiger partial charge in [-0.2, -0.15) is 8.78 Å².